The highest BCUT2D eigenvalue weighted by atomic mass is 15.1. The molecule has 3 aromatic carbocycles. The largest absolute Gasteiger partial charge is 0.299 e. The third-order valence-electron chi connectivity index (χ3n) is 6.60. The minimum absolute atomic E-state index is 0.981. The first-order chi connectivity index (χ1) is 16.0. The fourth-order valence-electron chi connectivity index (χ4n) is 5.17. The van der Waals surface area contributed by atoms with Crippen LogP contribution in [-0.4, -0.2) is 9.55 Å². The normalized spacial score (nSPS) is 11.2. The molecule has 0 saturated heterocycles. The maximum absolute atomic E-state index is 4.66. The second-order valence-corrected chi connectivity index (χ2v) is 9.36. The van der Waals surface area contributed by atoms with E-state index in [2.05, 4.69) is 98.9 Å². The Morgan fingerprint density at radius 1 is 0.727 bits per heavy atom. The second-order valence-electron chi connectivity index (χ2n) is 9.36. The Hall–Kier alpha value is -3.13. The van der Waals surface area contributed by atoms with Crippen LogP contribution in [-0.2, 0) is 6.42 Å². The van der Waals surface area contributed by atoms with E-state index in [1.165, 1.54) is 76.7 Å². The summed E-state index contributed by atoms with van der Waals surface area (Å²) in [5, 5.41) is 0. The van der Waals surface area contributed by atoms with Crippen molar-refractivity contribution in [3.8, 4) is 28.2 Å². The van der Waals surface area contributed by atoms with E-state index in [9.17, 15) is 0 Å². The van der Waals surface area contributed by atoms with E-state index in [-0.39, 0.29) is 0 Å². The first-order valence-electron chi connectivity index (χ1n) is 12.3. The minimum atomic E-state index is 0.981. The van der Waals surface area contributed by atoms with E-state index in [1.807, 2.05) is 12.3 Å². The number of benzene rings is 3. The van der Waals surface area contributed by atoms with Gasteiger partial charge in [0.15, 0.2) is 0 Å². The summed E-state index contributed by atoms with van der Waals surface area (Å²) < 4.78 is 2.23. The summed E-state index contributed by atoms with van der Waals surface area (Å²) in [5.41, 5.74) is 11.8. The number of hydrogen-bond acceptors (Lipinski definition) is 1. The number of hydrogen-bond donors (Lipinski definition) is 0. The molecular formula is C31H36N2. The lowest BCUT2D eigenvalue weighted by Gasteiger charge is -2.19. The van der Waals surface area contributed by atoms with Gasteiger partial charge in [0.1, 0.15) is 5.82 Å². The van der Waals surface area contributed by atoms with E-state index in [0.717, 1.165) is 11.4 Å². The molecule has 0 radical (unpaired) electrons. The third-order valence-corrected chi connectivity index (χ3v) is 6.60. The van der Waals surface area contributed by atoms with E-state index < -0.39 is 0 Å². The average Bonchev–Trinajstić information content (AvgIpc) is 3.26. The maximum Gasteiger partial charge on any atom is 0.144 e. The zero-order valence-electron chi connectivity index (χ0n) is 20.8. The minimum Gasteiger partial charge on any atom is -0.299 e. The van der Waals surface area contributed by atoms with Crippen LogP contribution in [0.3, 0.4) is 0 Å². The molecule has 0 saturated carbocycles. The topological polar surface area (TPSA) is 17.8 Å². The summed E-state index contributed by atoms with van der Waals surface area (Å²) in [6, 6.07) is 19.9. The molecule has 1 heterocycles. The van der Waals surface area contributed by atoms with Gasteiger partial charge in [-0.25, -0.2) is 4.98 Å². The van der Waals surface area contributed by atoms with Gasteiger partial charge in [0, 0.05) is 18.0 Å². The van der Waals surface area contributed by atoms with Gasteiger partial charge in [-0.05, 0) is 91.6 Å². The Kier molecular flexibility index (Phi) is 7.13. The molecule has 0 aliphatic heterocycles. The molecule has 0 fully saturated rings. The van der Waals surface area contributed by atoms with Crippen LogP contribution in [0.2, 0.25) is 0 Å². The Morgan fingerprint density at radius 3 is 2.03 bits per heavy atom. The van der Waals surface area contributed by atoms with Crippen LogP contribution in [0.5, 0.6) is 0 Å². The molecule has 4 aromatic rings. The van der Waals surface area contributed by atoms with Crippen molar-refractivity contribution in [1.82, 2.24) is 9.55 Å². The van der Waals surface area contributed by atoms with Gasteiger partial charge in [-0.15, -0.1) is 0 Å². The summed E-state index contributed by atoms with van der Waals surface area (Å²) in [4.78, 5) is 4.66. The smallest absolute Gasteiger partial charge is 0.144 e. The van der Waals surface area contributed by atoms with E-state index >= 15 is 0 Å². The molecule has 0 unspecified atom stereocenters. The molecule has 0 aliphatic carbocycles. The molecule has 4 rings (SSSR count). The predicted molar refractivity (Wildman–Crippen MR) is 141 cm³/mol. The molecular weight excluding hydrogens is 400 g/mol. The summed E-state index contributed by atoms with van der Waals surface area (Å²) in [5.74, 6) is 0.981. The van der Waals surface area contributed by atoms with Crippen LogP contribution in [0.15, 0.2) is 67.0 Å². The number of aryl methyl sites for hydroxylation is 5. The summed E-state index contributed by atoms with van der Waals surface area (Å²) >= 11 is 0. The molecule has 0 bridgehead atoms. The van der Waals surface area contributed by atoms with Crippen molar-refractivity contribution >= 4 is 0 Å². The van der Waals surface area contributed by atoms with Gasteiger partial charge < -0.3 is 0 Å². The van der Waals surface area contributed by atoms with Crippen molar-refractivity contribution < 1.29 is 0 Å². The second kappa shape index (κ2) is 10.2. The highest BCUT2D eigenvalue weighted by Gasteiger charge is 2.15. The number of imidazole rings is 1. The van der Waals surface area contributed by atoms with Crippen LogP contribution in [0.4, 0.5) is 0 Å². The summed E-state index contributed by atoms with van der Waals surface area (Å²) in [6.07, 6.45) is 10.4. The average molecular weight is 437 g/mol. The van der Waals surface area contributed by atoms with Crippen LogP contribution >= 0.6 is 0 Å². The van der Waals surface area contributed by atoms with Crippen LogP contribution in [0.25, 0.3) is 28.2 Å². The Bertz CT molecular complexity index is 1190. The lowest BCUT2D eigenvalue weighted by molar-refractivity contribution is 0.666. The quantitative estimate of drug-likeness (QED) is 0.253. The van der Waals surface area contributed by atoms with Crippen molar-refractivity contribution in [3.63, 3.8) is 0 Å². The van der Waals surface area contributed by atoms with Crippen molar-refractivity contribution in [1.29, 1.82) is 0 Å². The first-order valence-corrected chi connectivity index (χ1v) is 12.3. The van der Waals surface area contributed by atoms with Gasteiger partial charge in [0.2, 0.25) is 0 Å². The van der Waals surface area contributed by atoms with Gasteiger partial charge >= 0.3 is 0 Å². The number of unbranched alkanes of at least 4 members (excludes halogenated alkanes) is 3. The van der Waals surface area contributed by atoms with Gasteiger partial charge in [-0.3, -0.25) is 4.57 Å². The van der Waals surface area contributed by atoms with Crippen LogP contribution < -0.4 is 0 Å². The number of aromatic nitrogens is 2. The summed E-state index contributed by atoms with van der Waals surface area (Å²) in [7, 11) is 0. The lowest BCUT2D eigenvalue weighted by atomic mass is 9.90. The van der Waals surface area contributed by atoms with Crippen LogP contribution in [0, 0.1) is 27.7 Å². The number of rotatable bonds is 8. The van der Waals surface area contributed by atoms with Crippen molar-refractivity contribution in [2.24, 2.45) is 0 Å². The number of nitrogens with zero attached hydrogens (tertiary/aromatic N) is 2. The molecule has 0 aliphatic rings. The molecule has 2 heteroatoms. The van der Waals surface area contributed by atoms with E-state index in [4.69, 9.17) is 0 Å². The molecule has 2 nitrogen and oxygen atoms in total. The Morgan fingerprint density at radius 2 is 1.39 bits per heavy atom. The fourth-order valence-corrected chi connectivity index (χ4v) is 5.17. The first kappa shape index (κ1) is 23.0. The van der Waals surface area contributed by atoms with Gasteiger partial charge in [-0.2, -0.15) is 0 Å². The molecule has 0 spiro atoms. The van der Waals surface area contributed by atoms with Gasteiger partial charge in [-0.1, -0.05) is 68.7 Å². The summed E-state index contributed by atoms with van der Waals surface area (Å²) in [6.45, 7) is 11.2. The zero-order chi connectivity index (χ0) is 23.4. The molecule has 1 aromatic heterocycles. The Labute approximate surface area is 199 Å². The van der Waals surface area contributed by atoms with Crippen molar-refractivity contribution in [3.05, 3.63) is 94.8 Å². The van der Waals surface area contributed by atoms with Crippen LogP contribution in [0.1, 0.15) is 60.4 Å². The molecule has 0 amide bonds. The van der Waals surface area contributed by atoms with E-state index in [0.29, 0.717) is 0 Å². The standard InChI is InChI=1S/C31H36N2/c1-6-7-8-10-13-26-18-22(2)29(23(3)19-26)28-20-24(4)30(25(5)21-28)33-17-16-32-31(33)27-14-11-9-12-15-27/h9,11-12,14-21H,6-8,10,13H2,1-5H3. The lowest BCUT2D eigenvalue weighted by Crippen LogP contribution is -2.03. The highest BCUT2D eigenvalue weighted by molar-refractivity contribution is 5.75. The highest BCUT2D eigenvalue weighted by Crippen LogP contribution is 2.34. The molecule has 33 heavy (non-hydrogen) atoms. The molecule has 170 valence electrons. The monoisotopic (exact) mass is 436 g/mol. The fraction of sp³-hybridized carbons (Fsp3) is 0.323. The van der Waals surface area contributed by atoms with Crippen molar-refractivity contribution in [2.75, 3.05) is 0 Å². The third kappa shape index (κ3) is 4.95. The SMILES string of the molecule is CCCCCCc1cc(C)c(-c2cc(C)c(-n3ccnc3-c3ccccc3)c(C)c2)c(C)c1. The molecule has 0 atom stereocenters. The van der Waals surface area contributed by atoms with Crippen molar-refractivity contribution in [2.45, 2.75) is 66.7 Å². The van der Waals surface area contributed by atoms with E-state index in [1.54, 1.807) is 0 Å². The predicted octanol–water partition coefficient (Wildman–Crippen LogP) is 8.56. The Balaban J connectivity index is 1.69. The van der Waals surface area contributed by atoms with Gasteiger partial charge in [0.05, 0.1) is 5.69 Å². The zero-order valence-corrected chi connectivity index (χ0v) is 20.8. The maximum atomic E-state index is 4.66. The van der Waals surface area contributed by atoms with Gasteiger partial charge in [0.25, 0.3) is 0 Å². The molecule has 0 N–H and O–H groups in total.